The van der Waals surface area contributed by atoms with Gasteiger partial charge in [-0.25, -0.2) is 0 Å². The van der Waals surface area contributed by atoms with Crippen LogP contribution in [0.3, 0.4) is 0 Å². The Kier molecular flexibility index (Phi) is 13.8. The van der Waals surface area contributed by atoms with Crippen LogP contribution < -0.4 is 5.32 Å². The molecule has 0 saturated carbocycles. The Hall–Kier alpha value is -2.09. The second kappa shape index (κ2) is 14.9. The van der Waals surface area contributed by atoms with E-state index in [-0.39, 0.29) is 0 Å². The third-order valence-corrected chi connectivity index (χ3v) is 4.41. The van der Waals surface area contributed by atoms with Crippen LogP contribution in [0, 0.1) is 0 Å². The monoisotopic (exact) mass is 400 g/mol. The number of nitrogens with zero attached hydrogens (tertiary/aromatic N) is 1. The summed E-state index contributed by atoms with van der Waals surface area (Å²) in [6, 6.07) is 0. The van der Waals surface area contributed by atoms with E-state index < -0.39 is 0 Å². The molecule has 0 rings (SSSR count). The van der Waals surface area contributed by atoms with Gasteiger partial charge in [0.1, 0.15) is 6.73 Å². The molecule has 3 nitrogen and oxygen atoms in total. The minimum atomic E-state index is 0.462. The van der Waals surface area contributed by atoms with Gasteiger partial charge in [-0.1, -0.05) is 61.3 Å². The lowest BCUT2D eigenvalue weighted by Gasteiger charge is -2.29. The average molecular weight is 401 g/mol. The van der Waals surface area contributed by atoms with E-state index in [1.807, 2.05) is 56.5 Å². The molecule has 0 saturated heterocycles. The molecule has 0 amide bonds. The Bertz CT molecular complexity index is 689. The summed E-state index contributed by atoms with van der Waals surface area (Å²) >= 11 is 0. The summed E-state index contributed by atoms with van der Waals surface area (Å²) in [6.07, 6.45) is 14.6. The fourth-order valence-electron chi connectivity index (χ4n) is 2.10. The molecule has 1 N–H and O–H groups in total. The number of nitrogens with one attached hydrogen (secondary N) is 1. The predicted octanol–water partition coefficient (Wildman–Crippen LogP) is 5.87. The zero-order chi connectivity index (χ0) is 21.5. The number of hydrogen-bond acceptors (Lipinski definition) is 3. The number of rotatable bonds is 13. The highest BCUT2D eigenvalue weighted by Gasteiger charge is 2.13. The lowest BCUT2D eigenvalue weighted by atomic mass is 10.1. The first kappa shape index (κ1) is 25.9. The summed E-state index contributed by atoms with van der Waals surface area (Å²) in [4.78, 5) is 2.09. The fourth-order valence-corrected chi connectivity index (χ4v) is 2.26. The van der Waals surface area contributed by atoms with Crippen molar-refractivity contribution in [2.45, 2.75) is 27.7 Å². The van der Waals surface area contributed by atoms with E-state index >= 15 is 0 Å². The molecule has 28 heavy (non-hydrogen) atoms. The van der Waals surface area contributed by atoms with E-state index in [0.717, 1.165) is 34.4 Å². The third kappa shape index (κ3) is 9.73. The Morgan fingerprint density at radius 1 is 1.07 bits per heavy atom. The van der Waals surface area contributed by atoms with Gasteiger partial charge in [0, 0.05) is 24.1 Å². The second-order valence-electron chi connectivity index (χ2n) is 6.46. The van der Waals surface area contributed by atoms with Crippen molar-refractivity contribution in [1.82, 2.24) is 10.2 Å². The molecule has 0 heterocycles. The molecule has 0 aliphatic heterocycles. The van der Waals surface area contributed by atoms with E-state index in [2.05, 4.69) is 60.0 Å². The molecule has 0 aromatic carbocycles. The van der Waals surface area contributed by atoms with Gasteiger partial charge in [-0.15, -0.1) is 9.24 Å². The van der Waals surface area contributed by atoms with Crippen LogP contribution in [0.4, 0.5) is 0 Å². The van der Waals surface area contributed by atoms with Crippen LogP contribution in [0.25, 0.3) is 0 Å². The number of hydrogen-bond donors (Lipinski definition) is 1. The highest BCUT2D eigenvalue weighted by Crippen LogP contribution is 2.22. The van der Waals surface area contributed by atoms with Crippen molar-refractivity contribution in [2.75, 3.05) is 26.5 Å². The molecule has 0 spiro atoms. The Morgan fingerprint density at radius 2 is 1.75 bits per heavy atom. The van der Waals surface area contributed by atoms with E-state index in [9.17, 15) is 0 Å². The van der Waals surface area contributed by atoms with Crippen molar-refractivity contribution in [3.8, 4) is 0 Å². The highest BCUT2D eigenvalue weighted by atomic mass is 31.0. The van der Waals surface area contributed by atoms with Gasteiger partial charge < -0.3 is 15.0 Å². The molecule has 4 heteroatoms. The summed E-state index contributed by atoms with van der Waals surface area (Å²) in [5.41, 5.74) is 6.23. The molecule has 1 unspecified atom stereocenters. The molecule has 0 aliphatic carbocycles. The topological polar surface area (TPSA) is 24.5 Å². The van der Waals surface area contributed by atoms with Crippen molar-refractivity contribution in [3.63, 3.8) is 0 Å². The summed E-state index contributed by atoms with van der Waals surface area (Å²) < 4.78 is 5.76. The number of allylic oxidation sites excluding steroid dienone is 10. The van der Waals surface area contributed by atoms with Crippen molar-refractivity contribution >= 4 is 9.24 Å². The summed E-state index contributed by atoms with van der Waals surface area (Å²) in [7, 11) is 4.57. The van der Waals surface area contributed by atoms with Crippen molar-refractivity contribution in [3.05, 3.63) is 96.1 Å². The largest absolute Gasteiger partial charge is 0.388 e. The van der Waals surface area contributed by atoms with Gasteiger partial charge in [-0.2, -0.15) is 0 Å². The normalized spacial score (nSPS) is 12.7. The zero-order valence-electron chi connectivity index (χ0n) is 18.2. The van der Waals surface area contributed by atoms with E-state index in [0.29, 0.717) is 13.3 Å². The van der Waals surface area contributed by atoms with Gasteiger partial charge in [0.15, 0.2) is 0 Å². The fraction of sp³-hybridized carbons (Fsp3) is 0.333. The molecule has 0 aromatic heterocycles. The quantitative estimate of drug-likeness (QED) is 0.181. The standard InChI is InChI=1S/C24H37N2OP/c1-9-20(5)12-11-13-24(25-8)15-14-23(10-2)22(7)26(18-27-16-17-28)21(6)19(3)4/h9-15,25H,1-2,7,16-18,28H2,3-6,8H3/b13-11+,20-12-,23-14+,24-15-. The summed E-state index contributed by atoms with van der Waals surface area (Å²) in [5.74, 6) is 0. The molecule has 154 valence electrons. The molecular weight excluding hydrogens is 363 g/mol. The Morgan fingerprint density at radius 3 is 2.25 bits per heavy atom. The average Bonchev–Trinajstić information content (AvgIpc) is 2.69. The maximum atomic E-state index is 5.76. The maximum absolute atomic E-state index is 5.76. The van der Waals surface area contributed by atoms with Crippen molar-refractivity contribution in [2.24, 2.45) is 0 Å². The van der Waals surface area contributed by atoms with Gasteiger partial charge in [0.25, 0.3) is 0 Å². The van der Waals surface area contributed by atoms with Crippen LogP contribution in [-0.4, -0.2) is 31.4 Å². The molecular formula is C24H37N2OP. The number of ether oxygens (including phenoxy) is 1. The minimum Gasteiger partial charge on any atom is -0.388 e. The smallest absolute Gasteiger partial charge is 0.123 e. The van der Waals surface area contributed by atoms with Gasteiger partial charge in [0.2, 0.25) is 0 Å². The third-order valence-electron chi connectivity index (χ3n) is 4.18. The van der Waals surface area contributed by atoms with Crippen LogP contribution in [0.15, 0.2) is 96.1 Å². The molecule has 0 radical (unpaired) electrons. The van der Waals surface area contributed by atoms with Crippen molar-refractivity contribution in [1.29, 1.82) is 0 Å². The van der Waals surface area contributed by atoms with Crippen LogP contribution in [0.5, 0.6) is 0 Å². The summed E-state index contributed by atoms with van der Waals surface area (Å²) in [6.45, 7) is 21.4. The molecule has 0 bridgehead atoms. The van der Waals surface area contributed by atoms with Crippen molar-refractivity contribution < 1.29 is 4.74 Å². The van der Waals surface area contributed by atoms with Crippen LogP contribution in [0.1, 0.15) is 27.7 Å². The van der Waals surface area contributed by atoms with E-state index in [1.54, 1.807) is 0 Å². The van der Waals surface area contributed by atoms with Gasteiger partial charge in [0.05, 0.1) is 6.61 Å². The lowest BCUT2D eigenvalue weighted by Crippen LogP contribution is -2.25. The molecule has 0 fully saturated rings. The Balaban J connectivity index is 5.65. The highest BCUT2D eigenvalue weighted by molar-refractivity contribution is 7.16. The van der Waals surface area contributed by atoms with Crippen LogP contribution in [-0.2, 0) is 4.74 Å². The SMILES string of the molecule is C=C\C(C)=C/C=C/C(=C/C=C(\C=C)C(=C)N(COCCP)C(C)=C(C)C)NC. The second-order valence-corrected chi connectivity index (χ2v) is 7.04. The van der Waals surface area contributed by atoms with Gasteiger partial charge in [-0.3, -0.25) is 0 Å². The van der Waals surface area contributed by atoms with Gasteiger partial charge >= 0.3 is 0 Å². The van der Waals surface area contributed by atoms with Crippen LogP contribution in [0.2, 0.25) is 0 Å². The molecule has 0 aliphatic rings. The summed E-state index contributed by atoms with van der Waals surface area (Å²) in [5, 5.41) is 3.19. The predicted molar refractivity (Wildman–Crippen MR) is 129 cm³/mol. The first-order chi connectivity index (χ1) is 13.3. The zero-order valence-corrected chi connectivity index (χ0v) is 19.4. The van der Waals surface area contributed by atoms with Crippen LogP contribution >= 0.6 is 9.24 Å². The van der Waals surface area contributed by atoms with E-state index in [4.69, 9.17) is 4.74 Å². The lowest BCUT2D eigenvalue weighted by molar-refractivity contribution is 0.0754. The first-order valence-corrected chi connectivity index (χ1v) is 10.2. The van der Waals surface area contributed by atoms with E-state index in [1.165, 1.54) is 5.57 Å². The number of likely N-dealkylation sites (N-methyl/N-ethyl adjacent to an activating group) is 1. The Labute approximate surface area is 174 Å². The maximum Gasteiger partial charge on any atom is 0.123 e. The minimum absolute atomic E-state index is 0.462. The van der Waals surface area contributed by atoms with Gasteiger partial charge in [-0.05, 0) is 51.6 Å². The molecule has 1 atom stereocenters. The molecule has 0 aromatic rings. The first-order valence-electron chi connectivity index (χ1n) is 9.40.